The number of benzene rings is 1. The molecular formula is C16H26N2O2. The van der Waals surface area contributed by atoms with Gasteiger partial charge in [-0.05, 0) is 44.1 Å². The van der Waals surface area contributed by atoms with Gasteiger partial charge in [0.05, 0.1) is 20.3 Å². The van der Waals surface area contributed by atoms with Gasteiger partial charge in [0.2, 0.25) is 0 Å². The Morgan fingerprint density at radius 1 is 1.10 bits per heavy atom. The highest BCUT2D eigenvalue weighted by atomic mass is 16.5. The third-order valence-electron chi connectivity index (χ3n) is 4.10. The molecule has 2 N–H and O–H groups in total. The Hall–Kier alpha value is -1.26. The first-order chi connectivity index (χ1) is 9.80. The summed E-state index contributed by atoms with van der Waals surface area (Å²) in [6.07, 6.45) is 5.15. The summed E-state index contributed by atoms with van der Waals surface area (Å²) in [4.78, 5) is 2.49. The maximum absolute atomic E-state index is 6.06. The average molecular weight is 278 g/mol. The fraction of sp³-hybridized carbons (Fsp3) is 0.625. The van der Waals surface area contributed by atoms with Crippen molar-refractivity contribution >= 4 is 0 Å². The summed E-state index contributed by atoms with van der Waals surface area (Å²) in [5.74, 6) is 1.75. The molecule has 1 fully saturated rings. The van der Waals surface area contributed by atoms with Crippen LogP contribution in [0.4, 0.5) is 0 Å². The molecule has 1 aromatic carbocycles. The molecular weight excluding hydrogens is 252 g/mol. The van der Waals surface area contributed by atoms with Crippen molar-refractivity contribution in [2.45, 2.75) is 31.7 Å². The van der Waals surface area contributed by atoms with E-state index in [-0.39, 0.29) is 6.04 Å². The fourth-order valence-electron chi connectivity index (χ4n) is 2.98. The van der Waals surface area contributed by atoms with Gasteiger partial charge in [0, 0.05) is 12.1 Å². The molecule has 20 heavy (non-hydrogen) atoms. The lowest BCUT2D eigenvalue weighted by molar-refractivity contribution is 0.205. The predicted octanol–water partition coefficient (Wildman–Crippen LogP) is 2.58. The molecule has 0 bridgehead atoms. The molecule has 1 heterocycles. The lowest BCUT2D eigenvalue weighted by Crippen LogP contribution is -2.34. The monoisotopic (exact) mass is 278 g/mol. The van der Waals surface area contributed by atoms with Crippen molar-refractivity contribution in [1.82, 2.24) is 4.90 Å². The van der Waals surface area contributed by atoms with E-state index in [2.05, 4.69) is 11.0 Å². The topological polar surface area (TPSA) is 47.7 Å². The largest absolute Gasteiger partial charge is 0.497 e. The van der Waals surface area contributed by atoms with E-state index in [1.165, 1.54) is 25.7 Å². The Bertz CT molecular complexity index is 415. The first kappa shape index (κ1) is 15.1. The lowest BCUT2D eigenvalue weighted by atomic mass is 10.0. The second kappa shape index (κ2) is 7.50. The van der Waals surface area contributed by atoms with Crippen LogP contribution in [0.3, 0.4) is 0 Å². The van der Waals surface area contributed by atoms with Crippen molar-refractivity contribution in [1.29, 1.82) is 0 Å². The van der Waals surface area contributed by atoms with Gasteiger partial charge in [-0.2, -0.15) is 0 Å². The molecule has 1 saturated heterocycles. The van der Waals surface area contributed by atoms with Crippen molar-refractivity contribution in [2.75, 3.05) is 33.9 Å². The van der Waals surface area contributed by atoms with Crippen LogP contribution in [-0.4, -0.2) is 38.8 Å². The van der Waals surface area contributed by atoms with Crippen LogP contribution in [0, 0.1) is 0 Å². The van der Waals surface area contributed by atoms with E-state index >= 15 is 0 Å². The minimum atomic E-state index is 0.207. The minimum absolute atomic E-state index is 0.207. The fourth-order valence-corrected chi connectivity index (χ4v) is 2.98. The summed E-state index contributed by atoms with van der Waals surface area (Å²) in [6, 6.07) is 6.16. The van der Waals surface area contributed by atoms with Gasteiger partial charge in [-0.1, -0.05) is 12.8 Å². The quantitative estimate of drug-likeness (QED) is 0.899. The zero-order chi connectivity index (χ0) is 14.4. The van der Waals surface area contributed by atoms with Crippen molar-refractivity contribution in [3.05, 3.63) is 23.8 Å². The minimum Gasteiger partial charge on any atom is -0.497 e. The van der Waals surface area contributed by atoms with E-state index in [0.717, 1.165) is 30.2 Å². The molecule has 0 amide bonds. The molecule has 0 aliphatic carbocycles. The number of nitrogens with two attached hydrogens (primary N) is 1. The maximum atomic E-state index is 6.06. The number of rotatable bonds is 5. The molecule has 0 aromatic heterocycles. The van der Waals surface area contributed by atoms with Crippen molar-refractivity contribution in [2.24, 2.45) is 5.73 Å². The number of hydrogen-bond acceptors (Lipinski definition) is 4. The molecule has 0 spiro atoms. The molecule has 4 nitrogen and oxygen atoms in total. The molecule has 0 saturated carbocycles. The van der Waals surface area contributed by atoms with Gasteiger partial charge >= 0.3 is 0 Å². The van der Waals surface area contributed by atoms with Gasteiger partial charge in [-0.3, -0.25) is 4.90 Å². The van der Waals surface area contributed by atoms with Gasteiger partial charge in [-0.15, -0.1) is 0 Å². The van der Waals surface area contributed by atoms with E-state index in [0.29, 0.717) is 6.54 Å². The Morgan fingerprint density at radius 3 is 2.35 bits per heavy atom. The van der Waals surface area contributed by atoms with Gasteiger partial charge < -0.3 is 15.2 Å². The number of hydrogen-bond donors (Lipinski definition) is 1. The third kappa shape index (κ3) is 3.44. The van der Waals surface area contributed by atoms with Crippen LogP contribution in [0.1, 0.15) is 37.3 Å². The Morgan fingerprint density at radius 2 is 1.80 bits per heavy atom. The highest BCUT2D eigenvalue weighted by Gasteiger charge is 2.23. The number of methoxy groups -OCH3 is 2. The molecule has 1 aliphatic heterocycles. The summed E-state index contributed by atoms with van der Waals surface area (Å²) in [7, 11) is 3.40. The molecule has 4 heteroatoms. The SMILES string of the molecule is COc1ccc(OC)c(C(CN)N2CCCCCC2)c1. The Balaban J connectivity index is 2.28. The van der Waals surface area contributed by atoms with E-state index in [9.17, 15) is 0 Å². The highest BCUT2D eigenvalue weighted by molar-refractivity contribution is 5.42. The van der Waals surface area contributed by atoms with Gasteiger partial charge in [0.15, 0.2) is 0 Å². The van der Waals surface area contributed by atoms with Gasteiger partial charge in [0.25, 0.3) is 0 Å². The zero-order valence-corrected chi connectivity index (χ0v) is 12.6. The molecule has 0 radical (unpaired) electrons. The maximum Gasteiger partial charge on any atom is 0.123 e. The van der Waals surface area contributed by atoms with Crippen LogP contribution >= 0.6 is 0 Å². The normalized spacial score (nSPS) is 18.4. The summed E-state index contributed by atoms with van der Waals surface area (Å²) < 4.78 is 10.9. The Kier molecular flexibility index (Phi) is 5.68. The average Bonchev–Trinajstić information content (AvgIpc) is 2.77. The predicted molar refractivity (Wildman–Crippen MR) is 81.4 cm³/mol. The summed E-state index contributed by atoms with van der Waals surface area (Å²) in [5, 5.41) is 0. The summed E-state index contributed by atoms with van der Waals surface area (Å²) in [5.41, 5.74) is 7.20. The Labute approximate surface area is 121 Å². The van der Waals surface area contributed by atoms with Crippen LogP contribution in [0.15, 0.2) is 18.2 Å². The standard InChI is InChI=1S/C16H26N2O2/c1-19-13-7-8-16(20-2)14(11-13)15(12-17)18-9-5-3-4-6-10-18/h7-8,11,15H,3-6,9-10,12,17H2,1-2H3. The van der Waals surface area contributed by atoms with Crippen LogP contribution < -0.4 is 15.2 Å². The first-order valence-electron chi connectivity index (χ1n) is 7.46. The van der Waals surface area contributed by atoms with Gasteiger partial charge in [0.1, 0.15) is 11.5 Å². The van der Waals surface area contributed by atoms with Crippen molar-refractivity contribution < 1.29 is 9.47 Å². The van der Waals surface area contributed by atoms with E-state index in [1.807, 2.05) is 12.1 Å². The van der Waals surface area contributed by atoms with Crippen molar-refractivity contribution in [3.63, 3.8) is 0 Å². The molecule has 1 aromatic rings. The van der Waals surface area contributed by atoms with E-state index in [1.54, 1.807) is 14.2 Å². The first-order valence-corrected chi connectivity index (χ1v) is 7.46. The number of ether oxygens (including phenoxy) is 2. The third-order valence-corrected chi connectivity index (χ3v) is 4.10. The van der Waals surface area contributed by atoms with Gasteiger partial charge in [-0.25, -0.2) is 0 Å². The highest BCUT2D eigenvalue weighted by Crippen LogP contribution is 2.33. The van der Waals surface area contributed by atoms with E-state index in [4.69, 9.17) is 15.2 Å². The second-order valence-electron chi connectivity index (χ2n) is 5.31. The van der Waals surface area contributed by atoms with Crippen LogP contribution in [0.2, 0.25) is 0 Å². The van der Waals surface area contributed by atoms with E-state index < -0.39 is 0 Å². The number of nitrogens with zero attached hydrogens (tertiary/aromatic N) is 1. The lowest BCUT2D eigenvalue weighted by Gasteiger charge is -2.31. The summed E-state index contributed by atoms with van der Waals surface area (Å²) in [6.45, 7) is 2.83. The number of likely N-dealkylation sites (tertiary alicyclic amines) is 1. The zero-order valence-electron chi connectivity index (χ0n) is 12.6. The smallest absolute Gasteiger partial charge is 0.123 e. The second-order valence-corrected chi connectivity index (χ2v) is 5.31. The molecule has 1 aliphatic rings. The van der Waals surface area contributed by atoms with Crippen LogP contribution in [0.25, 0.3) is 0 Å². The van der Waals surface area contributed by atoms with Crippen molar-refractivity contribution in [3.8, 4) is 11.5 Å². The molecule has 1 atom stereocenters. The molecule has 2 rings (SSSR count). The van der Waals surface area contributed by atoms with Crippen LogP contribution in [-0.2, 0) is 0 Å². The van der Waals surface area contributed by atoms with Crippen LogP contribution in [0.5, 0.6) is 11.5 Å². The molecule has 1 unspecified atom stereocenters. The molecule has 112 valence electrons. The summed E-state index contributed by atoms with van der Waals surface area (Å²) >= 11 is 0.